The molecule has 0 bridgehead atoms. The maximum atomic E-state index is 12.8. The number of carbonyl (C=O) groups excluding carboxylic acids is 1. The Morgan fingerprint density at radius 1 is 1.15 bits per heavy atom. The number of benzene rings is 2. The van der Waals surface area contributed by atoms with Crippen molar-refractivity contribution in [3.8, 4) is 11.3 Å². The van der Waals surface area contributed by atoms with Crippen molar-refractivity contribution >= 4 is 32.8 Å². The number of hydrogen-bond donors (Lipinski definition) is 2. The second-order valence-corrected chi connectivity index (χ2v) is 11.6. The summed E-state index contributed by atoms with van der Waals surface area (Å²) in [5.74, 6) is 0.218. The van der Waals surface area contributed by atoms with E-state index in [-0.39, 0.29) is 23.4 Å². The van der Waals surface area contributed by atoms with Crippen molar-refractivity contribution in [2.75, 3.05) is 18.8 Å². The molecular weight excluding hydrogens is 514 g/mol. The van der Waals surface area contributed by atoms with Crippen LogP contribution in [-0.4, -0.2) is 52.1 Å². The van der Waals surface area contributed by atoms with Crippen LogP contribution in [0.25, 0.3) is 22.3 Å². The van der Waals surface area contributed by atoms with Gasteiger partial charge < -0.3 is 10.6 Å². The zero-order valence-electron chi connectivity index (χ0n) is 22.0. The van der Waals surface area contributed by atoms with E-state index in [1.165, 1.54) is 12.4 Å². The van der Waals surface area contributed by atoms with Gasteiger partial charge in [0.15, 0.2) is 5.65 Å². The third kappa shape index (κ3) is 5.41. The number of nitrogen functional groups attached to an aromatic ring is 1. The molecule has 39 heavy (non-hydrogen) atoms. The number of anilines is 1. The van der Waals surface area contributed by atoms with E-state index in [0.717, 1.165) is 35.1 Å². The first-order valence-corrected chi connectivity index (χ1v) is 14.2. The number of rotatable bonds is 7. The molecule has 3 N–H and O–H groups in total. The van der Waals surface area contributed by atoms with E-state index in [1.54, 1.807) is 17.0 Å². The van der Waals surface area contributed by atoms with Crippen molar-refractivity contribution in [2.24, 2.45) is 0 Å². The van der Waals surface area contributed by atoms with Crippen LogP contribution >= 0.6 is 0 Å². The van der Waals surface area contributed by atoms with Gasteiger partial charge in [-0.15, -0.1) is 0 Å². The maximum Gasteiger partial charge on any atom is 0.246 e. The average Bonchev–Trinajstić information content (AvgIpc) is 3.32. The van der Waals surface area contributed by atoms with Crippen molar-refractivity contribution in [3.05, 3.63) is 78.1 Å². The van der Waals surface area contributed by atoms with Crippen molar-refractivity contribution in [1.82, 2.24) is 29.4 Å². The SMILES string of the molecule is C=CC(=O)N1CCC[C@@H](n2nc(-c3ccc(CNS(=O)(=O)c4cc(C)cc(C)c4)cc3)c3c(N)ncnc32)C1. The Morgan fingerprint density at radius 2 is 1.87 bits per heavy atom. The van der Waals surface area contributed by atoms with Crippen molar-refractivity contribution < 1.29 is 13.2 Å². The van der Waals surface area contributed by atoms with Gasteiger partial charge in [-0.1, -0.05) is 36.9 Å². The molecule has 1 atom stereocenters. The Bertz CT molecular complexity index is 1640. The number of carbonyl (C=O) groups is 1. The number of nitrogens with zero attached hydrogens (tertiary/aromatic N) is 5. The summed E-state index contributed by atoms with van der Waals surface area (Å²) in [6.07, 6.45) is 4.44. The minimum Gasteiger partial charge on any atom is -0.383 e. The summed E-state index contributed by atoms with van der Waals surface area (Å²) < 4.78 is 30.2. The van der Waals surface area contributed by atoms with Crippen LogP contribution in [-0.2, 0) is 21.4 Å². The molecular formula is C28H31N7O3S. The molecule has 4 aromatic rings. The van der Waals surface area contributed by atoms with Crippen LogP contribution in [0.5, 0.6) is 0 Å². The predicted octanol–water partition coefficient (Wildman–Crippen LogP) is 3.52. The Morgan fingerprint density at radius 3 is 2.56 bits per heavy atom. The molecule has 1 amide bonds. The highest BCUT2D eigenvalue weighted by Gasteiger charge is 2.28. The molecule has 1 fully saturated rings. The molecule has 0 spiro atoms. The molecule has 202 valence electrons. The van der Waals surface area contributed by atoms with Crippen molar-refractivity contribution in [2.45, 2.75) is 44.2 Å². The highest BCUT2D eigenvalue weighted by atomic mass is 32.2. The summed E-state index contributed by atoms with van der Waals surface area (Å²) in [6, 6.07) is 12.7. The van der Waals surface area contributed by atoms with Gasteiger partial charge in [-0.3, -0.25) is 4.79 Å². The van der Waals surface area contributed by atoms with Gasteiger partial charge in [-0.25, -0.2) is 27.8 Å². The summed E-state index contributed by atoms with van der Waals surface area (Å²) in [5.41, 5.74) is 10.9. The number of amides is 1. The summed E-state index contributed by atoms with van der Waals surface area (Å²) in [4.78, 5) is 22.9. The summed E-state index contributed by atoms with van der Waals surface area (Å²) in [7, 11) is -3.65. The zero-order valence-corrected chi connectivity index (χ0v) is 22.8. The van der Waals surface area contributed by atoms with Gasteiger partial charge in [0.25, 0.3) is 0 Å². The predicted molar refractivity (Wildman–Crippen MR) is 150 cm³/mol. The van der Waals surface area contributed by atoms with Crippen LogP contribution in [0.4, 0.5) is 5.82 Å². The van der Waals surface area contributed by atoms with Crippen molar-refractivity contribution in [1.29, 1.82) is 0 Å². The molecule has 11 heteroatoms. The van der Waals surface area contributed by atoms with Gasteiger partial charge in [0.2, 0.25) is 15.9 Å². The molecule has 5 rings (SSSR count). The van der Waals surface area contributed by atoms with Gasteiger partial charge in [0, 0.05) is 25.2 Å². The van der Waals surface area contributed by atoms with Gasteiger partial charge >= 0.3 is 0 Å². The van der Waals surface area contributed by atoms with Gasteiger partial charge in [0.1, 0.15) is 17.8 Å². The highest BCUT2D eigenvalue weighted by Crippen LogP contribution is 2.34. The molecule has 3 heterocycles. The molecule has 0 radical (unpaired) electrons. The number of nitrogens with one attached hydrogen (secondary N) is 1. The zero-order chi connectivity index (χ0) is 27.7. The van der Waals surface area contributed by atoms with Crippen LogP contribution in [0, 0.1) is 13.8 Å². The van der Waals surface area contributed by atoms with E-state index in [1.807, 2.05) is 48.9 Å². The van der Waals surface area contributed by atoms with E-state index < -0.39 is 10.0 Å². The summed E-state index contributed by atoms with van der Waals surface area (Å²) in [6.45, 7) is 8.68. The van der Waals surface area contributed by atoms with Crippen LogP contribution in [0.1, 0.15) is 35.6 Å². The molecule has 2 aromatic carbocycles. The summed E-state index contributed by atoms with van der Waals surface area (Å²) in [5, 5.41) is 5.54. The lowest BCUT2D eigenvalue weighted by atomic mass is 10.1. The van der Waals surface area contributed by atoms with E-state index in [2.05, 4.69) is 21.3 Å². The number of fused-ring (bicyclic) bond motifs is 1. The molecule has 1 aliphatic rings. The van der Waals surface area contributed by atoms with Gasteiger partial charge in [-0.05, 0) is 61.6 Å². The van der Waals surface area contributed by atoms with E-state index in [4.69, 9.17) is 10.8 Å². The second kappa shape index (κ2) is 10.6. The largest absolute Gasteiger partial charge is 0.383 e. The Balaban J connectivity index is 1.41. The molecule has 2 aromatic heterocycles. The Hall–Kier alpha value is -4.09. The summed E-state index contributed by atoms with van der Waals surface area (Å²) >= 11 is 0. The fraction of sp³-hybridized carbons (Fsp3) is 0.286. The molecule has 0 saturated carbocycles. The smallest absolute Gasteiger partial charge is 0.246 e. The first kappa shape index (κ1) is 26.5. The van der Waals surface area contributed by atoms with E-state index >= 15 is 0 Å². The quantitative estimate of drug-likeness (QED) is 0.339. The van der Waals surface area contributed by atoms with Crippen molar-refractivity contribution in [3.63, 3.8) is 0 Å². The average molecular weight is 546 g/mol. The lowest BCUT2D eigenvalue weighted by Gasteiger charge is -2.32. The molecule has 0 unspecified atom stereocenters. The molecule has 0 aliphatic carbocycles. The van der Waals surface area contributed by atoms with Crippen LogP contribution in [0.2, 0.25) is 0 Å². The molecule has 1 saturated heterocycles. The van der Waals surface area contributed by atoms with Crippen LogP contribution in [0.3, 0.4) is 0 Å². The maximum absolute atomic E-state index is 12.8. The number of piperidine rings is 1. The fourth-order valence-corrected chi connectivity index (χ4v) is 6.27. The van der Waals surface area contributed by atoms with Gasteiger partial charge in [-0.2, -0.15) is 5.10 Å². The van der Waals surface area contributed by atoms with Crippen LogP contribution < -0.4 is 10.5 Å². The minimum absolute atomic E-state index is 0.0628. The number of aryl methyl sites for hydroxylation is 2. The number of sulfonamides is 1. The third-order valence-electron chi connectivity index (χ3n) is 6.95. The number of likely N-dealkylation sites (tertiary alicyclic amines) is 1. The first-order valence-electron chi connectivity index (χ1n) is 12.7. The second-order valence-electron chi connectivity index (χ2n) is 9.88. The van der Waals surface area contributed by atoms with Gasteiger partial charge in [0.05, 0.1) is 16.3 Å². The van der Waals surface area contributed by atoms with E-state index in [0.29, 0.717) is 35.6 Å². The number of hydrogen-bond acceptors (Lipinski definition) is 7. The molecule has 1 aliphatic heterocycles. The lowest BCUT2D eigenvalue weighted by Crippen LogP contribution is -2.40. The molecule has 10 nitrogen and oxygen atoms in total. The topological polar surface area (TPSA) is 136 Å². The Labute approximate surface area is 227 Å². The third-order valence-corrected chi connectivity index (χ3v) is 8.33. The standard InChI is InChI=1S/C28H31N7O3S/c1-4-24(36)34-11-5-6-22(16-34)35-28-25(27(29)30-17-31-28)26(33-35)21-9-7-20(8-10-21)15-32-39(37,38)23-13-18(2)12-19(3)14-23/h4,7-10,12-14,17,22,32H,1,5-6,11,15-16H2,2-3H3,(H2,29,30,31)/t22-/m1/s1. The lowest BCUT2D eigenvalue weighted by molar-refractivity contribution is -0.127. The number of nitrogens with two attached hydrogens (primary N) is 1. The monoisotopic (exact) mass is 545 g/mol. The minimum atomic E-state index is -3.65. The first-order chi connectivity index (χ1) is 18.7. The number of aromatic nitrogens is 4. The fourth-order valence-electron chi connectivity index (χ4n) is 5.07. The Kier molecular flexibility index (Phi) is 7.19. The normalized spacial score (nSPS) is 15.9. The van der Waals surface area contributed by atoms with E-state index in [9.17, 15) is 13.2 Å². The van der Waals surface area contributed by atoms with Crippen LogP contribution in [0.15, 0.2) is 66.3 Å². The highest BCUT2D eigenvalue weighted by molar-refractivity contribution is 7.89.